The van der Waals surface area contributed by atoms with Crippen molar-refractivity contribution in [2.24, 2.45) is 0 Å². The van der Waals surface area contributed by atoms with E-state index >= 15 is 0 Å². The van der Waals surface area contributed by atoms with Gasteiger partial charge in [-0.25, -0.2) is 4.79 Å². The van der Waals surface area contributed by atoms with Gasteiger partial charge in [-0.05, 0) is 45.9 Å². The number of carboxylic acids is 1. The summed E-state index contributed by atoms with van der Waals surface area (Å²) < 4.78 is 6.54. The average Bonchev–Trinajstić information content (AvgIpc) is 2.33. The molecule has 0 atom stereocenters. The molecule has 6 heteroatoms. The highest BCUT2D eigenvalue weighted by atomic mass is 79.9. The monoisotopic (exact) mass is 369 g/mol. The Morgan fingerprint density at radius 3 is 2.09 bits per heavy atom. The second-order valence-electron chi connectivity index (χ2n) is 6.82. The van der Waals surface area contributed by atoms with Crippen molar-refractivity contribution in [2.75, 3.05) is 13.1 Å². The van der Waals surface area contributed by atoms with E-state index in [1.807, 2.05) is 27.7 Å². The molecule has 0 aliphatic carbocycles. The van der Waals surface area contributed by atoms with Crippen LogP contribution in [0.2, 0.25) is 0 Å². The lowest BCUT2D eigenvalue weighted by Crippen LogP contribution is -2.58. The van der Waals surface area contributed by atoms with Crippen LogP contribution >= 0.6 is 15.9 Å². The number of aromatic carboxylic acids is 1. The zero-order valence-electron chi connectivity index (χ0n) is 13.1. The maximum absolute atomic E-state index is 12.8. The smallest absolute Gasteiger partial charge is 0.335 e. The largest absolute Gasteiger partial charge is 0.478 e. The third-order valence-corrected chi connectivity index (χ3v) is 3.83. The first-order valence-corrected chi connectivity index (χ1v) is 7.82. The Bertz CT molecular complexity index is 609. The highest BCUT2D eigenvalue weighted by Gasteiger charge is 2.40. The molecule has 0 saturated carbocycles. The van der Waals surface area contributed by atoms with Crippen molar-refractivity contribution in [1.29, 1.82) is 0 Å². The van der Waals surface area contributed by atoms with Crippen LogP contribution in [0.5, 0.6) is 0 Å². The highest BCUT2D eigenvalue weighted by molar-refractivity contribution is 9.10. The van der Waals surface area contributed by atoms with Gasteiger partial charge in [-0.15, -0.1) is 0 Å². The van der Waals surface area contributed by atoms with E-state index in [2.05, 4.69) is 15.9 Å². The molecule has 5 nitrogen and oxygen atoms in total. The molecule has 2 rings (SSSR count). The molecule has 1 aliphatic heterocycles. The van der Waals surface area contributed by atoms with Gasteiger partial charge in [0, 0.05) is 23.1 Å². The van der Waals surface area contributed by atoms with Gasteiger partial charge < -0.3 is 14.7 Å². The molecule has 0 aromatic heterocycles. The Labute approximate surface area is 138 Å². The molecule has 1 N–H and O–H groups in total. The summed E-state index contributed by atoms with van der Waals surface area (Å²) >= 11 is 3.26. The zero-order chi connectivity index (χ0) is 16.7. The van der Waals surface area contributed by atoms with E-state index in [0.717, 1.165) is 0 Å². The van der Waals surface area contributed by atoms with Crippen molar-refractivity contribution in [3.8, 4) is 0 Å². The van der Waals surface area contributed by atoms with Crippen molar-refractivity contribution < 1.29 is 19.4 Å². The first kappa shape index (κ1) is 17.0. The second-order valence-corrected chi connectivity index (χ2v) is 7.73. The van der Waals surface area contributed by atoms with Crippen molar-refractivity contribution in [3.05, 3.63) is 33.8 Å². The summed E-state index contributed by atoms with van der Waals surface area (Å²) in [5, 5.41) is 9.13. The maximum atomic E-state index is 12.8. The summed E-state index contributed by atoms with van der Waals surface area (Å²) in [6, 6.07) is 4.53. The second kappa shape index (κ2) is 5.66. The van der Waals surface area contributed by atoms with Crippen LogP contribution in [0.15, 0.2) is 22.7 Å². The molecule has 0 bridgehead atoms. The quantitative estimate of drug-likeness (QED) is 0.869. The Hall–Kier alpha value is -1.40. The average molecular weight is 370 g/mol. The summed E-state index contributed by atoms with van der Waals surface area (Å²) in [4.78, 5) is 25.6. The van der Waals surface area contributed by atoms with Gasteiger partial charge in [0.2, 0.25) is 0 Å². The standard InChI is InChI=1S/C16H20BrNO4/c1-15(2)8-18(9-16(3,4)22-15)13(19)10-5-11(14(20)21)7-12(17)6-10/h5-7H,8-9H2,1-4H3,(H,20,21). The first-order chi connectivity index (χ1) is 9.99. The predicted molar refractivity (Wildman–Crippen MR) is 86.2 cm³/mol. The maximum Gasteiger partial charge on any atom is 0.335 e. The number of ether oxygens (including phenoxy) is 1. The minimum Gasteiger partial charge on any atom is -0.478 e. The number of morpholine rings is 1. The Morgan fingerprint density at radius 2 is 1.59 bits per heavy atom. The molecule has 1 amide bonds. The van der Waals surface area contributed by atoms with E-state index in [-0.39, 0.29) is 11.5 Å². The minimum absolute atomic E-state index is 0.0875. The topological polar surface area (TPSA) is 66.8 Å². The third kappa shape index (κ3) is 3.87. The lowest BCUT2D eigenvalue weighted by Gasteiger charge is -2.47. The molecule has 120 valence electrons. The van der Waals surface area contributed by atoms with Crippen molar-refractivity contribution in [2.45, 2.75) is 38.9 Å². The number of amides is 1. The van der Waals surface area contributed by atoms with Gasteiger partial charge in [-0.1, -0.05) is 15.9 Å². The molecule has 22 heavy (non-hydrogen) atoms. The fourth-order valence-corrected chi connectivity index (χ4v) is 3.44. The van der Waals surface area contributed by atoms with Gasteiger partial charge in [0.25, 0.3) is 5.91 Å². The van der Waals surface area contributed by atoms with Crippen LogP contribution in [0, 0.1) is 0 Å². The number of carbonyl (C=O) groups is 2. The SMILES string of the molecule is CC1(C)CN(C(=O)c2cc(Br)cc(C(=O)O)c2)CC(C)(C)O1. The lowest BCUT2D eigenvalue weighted by atomic mass is 9.98. The fraction of sp³-hybridized carbons (Fsp3) is 0.500. The van der Waals surface area contributed by atoms with Gasteiger partial charge in [0.1, 0.15) is 0 Å². The van der Waals surface area contributed by atoms with E-state index in [0.29, 0.717) is 23.1 Å². The van der Waals surface area contributed by atoms with E-state index in [9.17, 15) is 9.59 Å². The van der Waals surface area contributed by atoms with Crippen LogP contribution in [-0.4, -0.2) is 46.2 Å². The molecule has 0 radical (unpaired) electrons. The molecule has 0 spiro atoms. The van der Waals surface area contributed by atoms with Crippen LogP contribution in [0.3, 0.4) is 0 Å². The normalized spacial score (nSPS) is 19.8. The summed E-state index contributed by atoms with van der Waals surface area (Å²) in [6.45, 7) is 8.69. The van der Waals surface area contributed by atoms with Crippen LogP contribution in [0.1, 0.15) is 48.4 Å². The fourth-order valence-electron chi connectivity index (χ4n) is 2.95. The van der Waals surface area contributed by atoms with Gasteiger partial charge in [0.15, 0.2) is 0 Å². The number of carboxylic acid groups (broad SMARTS) is 1. The van der Waals surface area contributed by atoms with Crippen molar-refractivity contribution >= 4 is 27.8 Å². The summed E-state index contributed by atoms with van der Waals surface area (Å²) in [6.07, 6.45) is 0. The van der Waals surface area contributed by atoms with Gasteiger partial charge in [0.05, 0.1) is 16.8 Å². The number of nitrogens with zero attached hydrogens (tertiary/aromatic N) is 1. The van der Waals surface area contributed by atoms with Gasteiger partial charge in [-0.3, -0.25) is 4.79 Å². The molecular formula is C16H20BrNO4. The van der Waals surface area contributed by atoms with Gasteiger partial charge >= 0.3 is 5.97 Å². The van der Waals surface area contributed by atoms with Gasteiger partial charge in [-0.2, -0.15) is 0 Å². The summed E-state index contributed by atoms with van der Waals surface area (Å²) in [5.74, 6) is -1.24. The molecule has 0 unspecified atom stereocenters. The highest BCUT2D eigenvalue weighted by Crippen LogP contribution is 2.29. The number of rotatable bonds is 2. The molecule has 1 saturated heterocycles. The molecule has 1 aromatic carbocycles. The summed E-state index contributed by atoms with van der Waals surface area (Å²) in [5.41, 5.74) is -0.442. The number of carbonyl (C=O) groups excluding carboxylic acids is 1. The van der Waals surface area contributed by atoms with Crippen LogP contribution in [0.4, 0.5) is 0 Å². The zero-order valence-corrected chi connectivity index (χ0v) is 14.7. The summed E-state index contributed by atoms with van der Waals surface area (Å²) in [7, 11) is 0. The van der Waals surface area contributed by atoms with Crippen molar-refractivity contribution in [1.82, 2.24) is 4.90 Å². The van der Waals surface area contributed by atoms with E-state index in [1.165, 1.54) is 12.1 Å². The minimum atomic E-state index is -1.06. The predicted octanol–water partition coefficient (Wildman–Crippen LogP) is 3.18. The number of halogens is 1. The first-order valence-electron chi connectivity index (χ1n) is 7.02. The molecular weight excluding hydrogens is 350 g/mol. The molecule has 1 fully saturated rings. The van der Waals surface area contributed by atoms with Crippen LogP contribution in [0.25, 0.3) is 0 Å². The van der Waals surface area contributed by atoms with E-state index in [1.54, 1.807) is 11.0 Å². The van der Waals surface area contributed by atoms with E-state index in [4.69, 9.17) is 9.84 Å². The van der Waals surface area contributed by atoms with Crippen molar-refractivity contribution in [3.63, 3.8) is 0 Å². The Balaban J connectivity index is 2.33. The third-order valence-electron chi connectivity index (χ3n) is 3.37. The Kier molecular flexibility index (Phi) is 4.37. The molecule has 1 aliphatic rings. The molecule has 1 heterocycles. The van der Waals surface area contributed by atoms with Crippen LogP contribution in [-0.2, 0) is 4.74 Å². The Morgan fingerprint density at radius 1 is 1.09 bits per heavy atom. The number of hydrogen-bond donors (Lipinski definition) is 1. The molecule has 1 aromatic rings. The van der Waals surface area contributed by atoms with E-state index < -0.39 is 17.2 Å². The van der Waals surface area contributed by atoms with Crippen LogP contribution < -0.4 is 0 Å². The number of hydrogen-bond acceptors (Lipinski definition) is 3. The lowest BCUT2D eigenvalue weighted by molar-refractivity contribution is -0.171. The number of benzene rings is 1.